The van der Waals surface area contributed by atoms with Crippen molar-refractivity contribution < 1.29 is 9.90 Å². The molecule has 1 amide bonds. The Morgan fingerprint density at radius 1 is 1.15 bits per heavy atom. The molecule has 1 saturated heterocycles. The number of aliphatic hydroxyl groups is 1. The summed E-state index contributed by atoms with van der Waals surface area (Å²) in [5.41, 5.74) is 1.97. The van der Waals surface area contributed by atoms with Gasteiger partial charge in [-0.2, -0.15) is 5.10 Å². The van der Waals surface area contributed by atoms with Crippen molar-refractivity contribution in [2.24, 2.45) is 7.05 Å². The maximum atomic E-state index is 12.5. The predicted octanol–water partition coefficient (Wildman–Crippen LogP) is 2.62. The highest BCUT2D eigenvalue weighted by molar-refractivity contribution is 7.13. The van der Waals surface area contributed by atoms with Gasteiger partial charge in [0.25, 0.3) is 5.91 Å². The van der Waals surface area contributed by atoms with Crippen LogP contribution in [0.15, 0.2) is 48.4 Å². The number of amides is 1. The first-order valence-electron chi connectivity index (χ1n) is 10.8. The summed E-state index contributed by atoms with van der Waals surface area (Å²) in [6.07, 6.45) is 7.40. The summed E-state index contributed by atoms with van der Waals surface area (Å²) in [5, 5.41) is 21.1. The molecule has 11 heteroatoms. The Morgan fingerprint density at radius 3 is 2.71 bits per heavy atom. The molecule has 0 bridgehead atoms. The number of anilines is 1. The summed E-state index contributed by atoms with van der Waals surface area (Å²) in [7, 11) is 3.57. The zero-order chi connectivity index (χ0) is 23.9. The number of nitrogens with zero attached hydrogens (tertiary/aromatic N) is 7. The van der Waals surface area contributed by atoms with Gasteiger partial charge in [-0.3, -0.25) is 14.5 Å². The van der Waals surface area contributed by atoms with Crippen LogP contribution in [0.1, 0.15) is 30.5 Å². The monoisotopic (exact) mass is 476 g/mol. The van der Waals surface area contributed by atoms with E-state index < -0.39 is 5.60 Å². The van der Waals surface area contributed by atoms with E-state index in [1.54, 1.807) is 36.3 Å². The van der Waals surface area contributed by atoms with E-state index in [9.17, 15) is 9.90 Å². The summed E-state index contributed by atoms with van der Waals surface area (Å²) < 4.78 is 1.75. The Hall–Kier alpha value is -3.70. The Bertz CT molecular complexity index is 1350. The number of aryl methyl sites for hydroxylation is 1. The summed E-state index contributed by atoms with van der Waals surface area (Å²) in [6, 6.07) is 5.21. The molecule has 4 aromatic rings. The normalized spacial score (nSPS) is 18.9. The van der Waals surface area contributed by atoms with E-state index in [1.807, 2.05) is 37.8 Å². The summed E-state index contributed by atoms with van der Waals surface area (Å²) >= 11 is 1.44. The first-order valence-corrected chi connectivity index (χ1v) is 11.7. The van der Waals surface area contributed by atoms with Gasteiger partial charge in [-0.05, 0) is 30.7 Å². The molecule has 5 rings (SSSR count). The lowest BCUT2D eigenvalue weighted by molar-refractivity contribution is -0.143. The van der Waals surface area contributed by atoms with Crippen molar-refractivity contribution in [3.05, 3.63) is 59.5 Å². The molecule has 0 saturated carbocycles. The number of likely N-dealkylation sites (N-methyl/N-ethyl adjacent to an activating group) is 1. The molecule has 174 valence electrons. The minimum Gasteiger partial charge on any atom is -0.375 e. The van der Waals surface area contributed by atoms with Crippen LogP contribution in [-0.2, 0) is 17.4 Å². The smallest absolute Gasteiger partial charge is 0.258 e. The second-order valence-electron chi connectivity index (χ2n) is 8.38. The average Bonchev–Trinajstić information content (AvgIpc) is 3.57. The van der Waals surface area contributed by atoms with Gasteiger partial charge in [0.1, 0.15) is 16.4 Å². The molecule has 0 aliphatic carbocycles. The van der Waals surface area contributed by atoms with Crippen molar-refractivity contribution in [2.45, 2.75) is 25.0 Å². The minimum atomic E-state index is -1.52. The quantitative estimate of drug-likeness (QED) is 0.436. The number of likely N-dealkylation sites (tertiary alicyclic amines) is 1. The second-order valence-corrected chi connectivity index (χ2v) is 9.24. The SMILES string of the molecule is CC(Nc1nccc(-c2nc(-c3cc(C4(O)CCN(C)C4=O)ccn3)cs2)n1)c1cnn(C)c1. The first-order chi connectivity index (χ1) is 16.3. The Balaban J connectivity index is 1.38. The van der Waals surface area contributed by atoms with Crippen LogP contribution in [0.5, 0.6) is 0 Å². The summed E-state index contributed by atoms with van der Waals surface area (Å²) in [5.74, 6) is 0.196. The van der Waals surface area contributed by atoms with Gasteiger partial charge in [0.15, 0.2) is 5.60 Å². The van der Waals surface area contributed by atoms with Crippen LogP contribution in [-0.4, -0.2) is 59.2 Å². The third-order valence-electron chi connectivity index (χ3n) is 5.96. The molecule has 0 aromatic carbocycles. The van der Waals surface area contributed by atoms with E-state index in [1.165, 1.54) is 16.2 Å². The number of nitrogens with one attached hydrogen (secondary N) is 1. The maximum Gasteiger partial charge on any atom is 0.258 e. The molecule has 4 aromatic heterocycles. The molecule has 2 N–H and O–H groups in total. The highest BCUT2D eigenvalue weighted by Crippen LogP contribution is 2.35. The number of hydrogen-bond donors (Lipinski definition) is 2. The molecule has 2 unspecified atom stereocenters. The zero-order valence-corrected chi connectivity index (χ0v) is 19.8. The standard InChI is InChI=1S/C23H24N8O2S/c1-14(15-11-26-31(3)12-15)27-22-25-8-5-17(29-22)20-28-19(13-34-20)18-10-16(4-7-24-18)23(33)6-9-30(2)21(23)32/h4-5,7-8,10-14,33H,6,9H2,1-3H3,(H,25,27,29). The van der Waals surface area contributed by atoms with Crippen molar-refractivity contribution >= 4 is 23.2 Å². The lowest BCUT2D eigenvalue weighted by Gasteiger charge is -2.21. The van der Waals surface area contributed by atoms with E-state index in [4.69, 9.17) is 4.98 Å². The van der Waals surface area contributed by atoms with Crippen molar-refractivity contribution in [3.63, 3.8) is 0 Å². The van der Waals surface area contributed by atoms with E-state index >= 15 is 0 Å². The average molecular weight is 477 g/mol. The first kappa shape index (κ1) is 22.1. The summed E-state index contributed by atoms with van der Waals surface area (Å²) in [6.45, 7) is 2.53. The molecular formula is C23H24N8O2S. The lowest BCUT2D eigenvalue weighted by Crippen LogP contribution is -2.36. The van der Waals surface area contributed by atoms with Gasteiger partial charge in [-0.25, -0.2) is 15.0 Å². The van der Waals surface area contributed by atoms with Crippen LogP contribution in [0.4, 0.5) is 5.95 Å². The lowest BCUT2D eigenvalue weighted by atomic mass is 9.92. The number of carbonyl (C=O) groups is 1. The fourth-order valence-corrected chi connectivity index (χ4v) is 4.73. The molecule has 2 atom stereocenters. The van der Waals surface area contributed by atoms with Crippen LogP contribution in [0, 0.1) is 0 Å². The molecule has 34 heavy (non-hydrogen) atoms. The van der Waals surface area contributed by atoms with Gasteiger partial charge in [-0.1, -0.05) is 0 Å². The number of carbonyl (C=O) groups excluding carboxylic acids is 1. The largest absolute Gasteiger partial charge is 0.375 e. The van der Waals surface area contributed by atoms with Crippen molar-refractivity contribution in [1.29, 1.82) is 0 Å². The molecule has 1 aliphatic heterocycles. The predicted molar refractivity (Wildman–Crippen MR) is 128 cm³/mol. The van der Waals surface area contributed by atoms with Gasteiger partial charge in [0.05, 0.1) is 17.9 Å². The van der Waals surface area contributed by atoms with Gasteiger partial charge >= 0.3 is 0 Å². The van der Waals surface area contributed by atoms with Gasteiger partial charge in [0.2, 0.25) is 5.95 Å². The van der Waals surface area contributed by atoms with Crippen molar-refractivity contribution in [2.75, 3.05) is 18.9 Å². The van der Waals surface area contributed by atoms with Crippen LogP contribution in [0.2, 0.25) is 0 Å². The molecule has 5 heterocycles. The van der Waals surface area contributed by atoms with Crippen LogP contribution >= 0.6 is 11.3 Å². The van der Waals surface area contributed by atoms with E-state index in [0.29, 0.717) is 41.6 Å². The van der Waals surface area contributed by atoms with Gasteiger partial charge < -0.3 is 15.3 Å². The molecule has 10 nitrogen and oxygen atoms in total. The van der Waals surface area contributed by atoms with E-state index in [2.05, 4.69) is 25.4 Å². The second kappa shape index (κ2) is 8.58. The van der Waals surface area contributed by atoms with Crippen molar-refractivity contribution in [1.82, 2.24) is 34.6 Å². The third-order valence-corrected chi connectivity index (χ3v) is 6.82. The molecule has 0 spiro atoms. The van der Waals surface area contributed by atoms with Crippen LogP contribution in [0.25, 0.3) is 22.1 Å². The number of aromatic nitrogens is 6. The molecule has 1 fully saturated rings. The van der Waals surface area contributed by atoms with E-state index in [0.717, 1.165) is 10.6 Å². The minimum absolute atomic E-state index is 0.00843. The Morgan fingerprint density at radius 2 is 1.97 bits per heavy atom. The highest BCUT2D eigenvalue weighted by Gasteiger charge is 2.45. The fourth-order valence-electron chi connectivity index (χ4n) is 3.95. The highest BCUT2D eigenvalue weighted by atomic mass is 32.1. The number of hydrogen-bond acceptors (Lipinski definition) is 9. The van der Waals surface area contributed by atoms with Gasteiger partial charge in [-0.15, -0.1) is 11.3 Å². The van der Waals surface area contributed by atoms with Crippen molar-refractivity contribution in [3.8, 4) is 22.1 Å². The number of thiazole rings is 1. The molecular weight excluding hydrogens is 452 g/mol. The van der Waals surface area contributed by atoms with Crippen LogP contribution in [0.3, 0.4) is 0 Å². The van der Waals surface area contributed by atoms with Gasteiger partial charge in [0, 0.05) is 56.6 Å². The maximum absolute atomic E-state index is 12.5. The number of rotatable bonds is 6. The number of pyridine rings is 1. The van der Waals surface area contributed by atoms with Crippen LogP contribution < -0.4 is 5.32 Å². The third kappa shape index (κ3) is 4.03. The molecule has 1 aliphatic rings. The Labute approximate surface area is 200 Å². The zero-order valence-electron chi connectivity index (χ0n) is 19.0. The topological polar surface area (TPSA) is 122 Å². The summed E-state index contributed by atoms with van der Waals surface area (Å²) in [4.78, 5) is 32.1. The Kier molecular flexibility index (Phi) is 5.58. The molecule has 0 radical (unpaired) electrons. The van der Waals surface area contributed by atoms with E-state index in [-0.39, 0.29) is 11.9 Å². The fraction of sp³-hybridized carbons (Fsp3) is 0.304.